The van der Waals surface area contributed by atoms with Crippen LogP contribution in [0, 0.1) is 0 Å². The number of amides is 3. The molecule has 0 aromatic heterocycles. The average Bonchev–Trinajstić information content (AvgIpc) is 2.71. The van der Waals surface area contributed by atoms with Crippen molar-refractivity contribution in [2.45, 2.75) is 84.5 Å². The summed E-state index contributed by atoms with van der Waals surface area (Å²) in [4.78, 5) is 49.0. The highest BCUT2D eigenvalue weighted by Gasteiger charge is 2.34. The second kappa shape index (κ2) is 12.9. The van der Waals surface area contributed by atoms with Crippen molar-refractivity contribution in [2.75, 3.05) is 6.54 Å². The number of rotatable bonds is 10. The van der Waals surface area contributed by atoms with Crippen molar-refractivity contribution in [3.63, 3.8) is 0 Å². The highest BCUT2D eigenvalue weighted by Crippen LogP contribution is 2.14. The minimum atomic E-state index is -1.48. The minimum Gasteiger partial charge on any atom is -0.480 e. The van der Waals surface area contributed by atoms with E-state index in [1.165, 1.54) is 0 Å². The number of hydrogen-bond acceptors (Lipinski definition) is 7. The molecule has 0 fully saturated rings. The van der Waals surface area contributed by atoms with Crippen molar-refractivity contribution < 1.29 is 38.5 Å². The molecule has 0 radical (unpaired) electrons. The molecule has 1 unspecified atom stereocenters. The van der Waals surface area contributed by atoms with E-state index in [0.717, 1.165) is 5.56 Å². The fourth-order valence-corrected chi connectivity index (χ4v) is 2.87. The van der Waals surface area contributed by atoms with Crippen molar-refractivity contribution >= 4 is 24.1 Å². The number of carboxylic acid groups (broad SMARTS) is 1. The van der Waals surface area contributed by atoms with Gasteiger partial charge in [-0.25, -0.2) is 14.4 Å². The maximum atomic E-state index is 13.0. The van der Waals surface area contributed by atoms with Crippen molar-refractivity contribution in [3.8, 4) is 0 Å². The Hall–Kier alpha value is -3.34. The van der Waals surface area contributed by atoms with Gasteiger partial charge in [0.1, 0.15) is 24.3 Å². The monoisotopic (exact) mass is 495 g/mol. The lowest BCUT2D eigenvalue weighted by atomic mass is 10.1. The van der Waals surface area contributed by atoms with Crippen LogP contribution in [0.4, 0.5) is 9.59 Å². The summed E-state index contributed by atoms with van der Waals surface area (Å²) in [5.41, 5.74) is -0.680. The zero-order chi connectivity index (χ0) is 26.8. The molecule has 3 atom stereocenters. The van der Waals surface area contributed by atoms with E-state index in [0.29, 0.717) is 0 Å². The lowest BCUT2D eigenvalue weighted by molar-refractivity contribution is -0.143. The number of carboxylic acids is 1. The van der Waals surface area contributed by atoms with Crippen LogP contribution in [0.25, 0.3) is 0 Å². The lowest BCUT2D eigenvalue weighted by Gasteiger charge is -2.31. The molecule has 11 heteroatoms. The second-order valence-corrected chi connectivity index (χ2v) is 9.90. The molecule has 11 nitrogen and oxygen atoms in total. The Morgan fingerprint density at radius 2 is 1.51 bits per heavy atom. The first-order chi connectivity index (χ1) is 16.1. The molecule has 0 bridgehead atoms. The number of carbonyl (C=O) groups is 4. The summed E-state index contributed by atoms with van der Waals surface area (Å²) < 4.78 is 16.1. The van der Waals surface area contributed by atoms with Crippen LogP contribution in [-0.2, 0) is 30.4 Å². The van der Waals surface area contributed by atoms with E-state index < -0.39 is 60.0 Å². The normalized spacial score (nSPS) is 14.1. The standard InChI is InChI=1S/C24H37N3O8/c1-15(34-23(2,3)4)18(27-22(32)33-14-16-11-9-8-10-12-16)19(28)26-17(20(29)30)13-25-21(31)35-24(5,6)7/h8-12,15,17-18H,13-14H2,1-7H3,(H,25,31)(H,26,28)(H,27,32)(H,29,30)/t15?,17-,18-/m0/s1. The van der Waals surface area contributed by atoms with Gasteiger partial charge in [-0.05, 0) is 54.0 Å². The molecule has 196 valence electrons. The Labute approximate surface area is 205 Å². The third kappa shape index (κ3) is 12.6. The van der Waals surface area contributed by atoms with Gasteiger partial charge >= 0.3 is 18.2 Å². The van der Waals surface area contributed by atoms with Gasteiger partial charge < -0.3 is 35.3 Å². The van der Waals surface area contributed by atoms with Crippen LogP contribution in [0.5, 0.6) is 0 Å². The van der Waals surface area contributed by atoms with E-state index in [-0.39, 0.29) is 6.61 Å². The lowest BCUT2D eigenvalue weighted by Crippen LogP contribution is -2.59. The zero-order valence-corrected chi connectivity index (χ0v) is 21.3. The maximum Gasteiger partial charge on any atom is 0.408 e. The summed E-state index contributed by atoms with van der Waals surface area (Å²) in [6, 6.07) is 6.21. The van der Waals surface area contributed by atoms with Crippen LogP contribution in [-0.4, -0.2) is 65.1 Å². The molecular formula is C24H37N3O8. The first kappa shape index (κ1) is 29.7. The molecule has 1 rings (SSSR count). The van der Waals surface area contributed by atoms with Crippen molar-refractivity contribution in [1.82, 2.24) is 16.0 Å². The van der Waals surface area contributed by atoms with Gasteiger partial charge in [-0.3, -0.25) is 4.79 Å². The van der Waals surface area contributed by atoms with Crippen molar-refractivity contribution in [1.29, 1.82) is 0 Å². The molecular weight excluding hydrogens is 458 g/mol. The molecule has 0 aliphatic carbocycles. The van der Waals surface area contributed by atoms with E-state index >= 15 is 0 Å². The van der Waals surface area contributed by atoms with Crippen molar-refractivity contribution in [2.24, 2.45) is 0 Å². The predicted octanol–water partition coefficient (Wildman–Crippen LogP) is 2.58. The molecule has 0 aliphatic rings. The Balaban J connectivity index is 2.88. The van der Waals surface area contributed by atoms with Crippen LogP contribution < -0.4 is 16.0 Å². The quantitative estimate of drug-likeness (QED) is 0.386. The highest BCUT2D eigenvalue weighted by molar-refractivity contribution is 5.90. The molecule has 0 heterocycles. The van der Waals surface area contributed by atoms with E-state index in [4.69, 9.17) is 14.2 Å². The summed E-state index contributed by atoms with van der Waals surface area (Å²) in [6.07, 6.45) is -2.55. The van der Waals surface area contributed by atoms with Gasteiger partial charge in [0.05, 0.1) is 18.2 Å². The van der Waals surface area contributed by atoms with Gasteiger partial charge in [-0.2, -0.15) is 0 Å². The summed E-state index contributed by atoms with van der Waals surface area (Å²) in [5, 5.41) is 16.6. The van der Waals surface area contributed by atoms with Crippen LogP contribution in [0.3, 0.4) is 0 Å². The summed E-state index contributed by atoms with van der Waals surface area (Å²) >= 11 is 0. The van der Waals surface area contributed by atoms with Crippen LogP contribution >= 0.6 is 0 Å². The van der Waals surface area contributed by atoms with Crippen LogP contribution in [0.15, 0.2) is 30.3 Å². The Morgan fingerprint density at radius 3 is 2.03 bits per heavy atom. The van der Waals surface area contributed by atoms with Gasteiger partial charge in [-0.1, -0.05) is 30.3 Å². The largest absolute Gasteiger partial charge is 0.480 e. The summed E-state index contributed by atoms with van der Waals surface area (Å²) in [5.74, 6) is -2.21. The Bertz CT molecular complexity index is 862. The third-order valence-electron chi connectivity index (χ3n) is 4.24. The minimum absolute atomic E-state index is 0.0208. The number of carbonyl (C=O) groups excluding carboxylic acids is 3. The van der Waals surface area contributed by atoms with Crippen molar-refractivity contribution in [3.05, 3.63) is 35.9 Å². The molecule has 4 N–H and O–H groups in total. The number of aliphatic carboxylic acids is 1. The fraction of sp³-hybridized carbons (Fsp3) is 0.583. The average molecular weight is 496 g/mol. The Kier molecular flexibility index (Phi) is 11.0. The number of benzene rings is 1. The van der Waals surface area contributed by atoms with Gasteiger partial charge in [0.25, 0.3) is 0 Å². The fourth-order valence-electron chi connectivity index (χ4n) is 2.87. The summed E-state index contributed by atoms with van der Waals surface area (Å²) in [6.45, 7) is 11.4. The Morgan fingerprint density at radius 1 is 0.914 bits per heavy atom. The first-order valence-electron chi connectivity index (χ1n) is 11.2. The highest BCUT2D eigenvalue weighted by atomic mass is 16.6. The van der Waals surface area contributed by atoms with Gasteiger partial charge in [0.15, 0.2) is 0 Å². The molecule has 1 aromatic carbocycles. The second-order valence-electron chi connectivity index (χ2n) is 9.90. The molecule has 0 saturated heterocycles. The van der Waals surface area contributed by atoms with Crippen LogP contribution in [0.2, 0.25) is 0 Å². The number of alkyl carbamates (subject to hydrolysis) is 2. The molecule has 0 saturated carbocycles. The number of hydrogen-bond donors (Lipinski definition) is 4. The van der Waals surface area contributed by atoms with Gasteiger partial charge in [-0.15, -0.1) is 0 Å². The molecule has 0 aliphatic heterocycles. The molecule has 1 aromatic rings. The van der Waals surface area contributed by atoms with E-state index in [1.54, 1.807) is 72.7 Å². The number of ether oxygens (including phenoxy) is 3. The number of nitrogens with one attached hydrogen (secondary N) is 3. The molecule has 0 spiro atoms. The topological polar surface area (TPSA) is 152 Å². The smallest absolute Gasteiger partial charge is 0.408 e. The predicted molar refractivity (Wildman–Crippen MR) is 128 cm³/mol. The van der Waals surface area contributed by atoms with Gasteiger partial charge in [0, 0.05) is 0 Å². The maximum absolute atomic E-state index is 13.0. The first-order valence-corrected chi connectivity index (χ1v) is 11.2. The van der Waals surface area contributed by atoms with E-state index in [1.807, 2.05) is 6.07 Å². The third-order valence-corrected chi connectivity index (χ3v) is 4.24. The zero-order valence-electron chi connectivity index (χ0n) is 21.3. The van der Waals surface area contributed by atoms with E-state index in [2.05, 4.69) is 16.0 Å². The molecule has 35 heavy (non-hydrogen) atoms. The van der Waals surface area contributed by atoms with E-state index in [9.17, 15) is 24.3 Å². The summed E-state index contributed by atoms with van der Waals surface area (Å²) in [7, 11) is 0. The SMILES string of the molecule is CC(OC(C)(C)C)[C@H](NC(=O)OCc1ccccc1)C(=O)N[C@@H](CNC(=O)OC(C)(C)C)C(=O)O. The van der Waals surface area contributed by atoms with Gasteiger partial charge in [0.2, 0.25) is 5.91 Å². The molecule has 3 amide bonds. The van der Waals surface area contributed by atoms with Crippen LogP contribution in [0.1, 0.15) is 54.0 Å².